The summed E-state index contributed by atoms with van der Waals surface area (Å²) in [6.07, 6.45) is 2.08. The molecule has 2 N–H and O–H groups in total. The van der Waals surface area contributed by atoms with Gasteiger partial charge in [0, 0.05) is 11.4 Å². The Hall–Kier alpha value is -1.39. The molecule has 0 amide bonds. The van der Waals surface area contributed by atoms with Crippen molar-refractivity contribution in [3.05, 3.63) is 44.9 Å². The van der Waals surface area contributed by atoms with Crippen molar-refractivity contribution in [2.45, 2.75) is 46.8 Å². The van der Waals surface area contributed by atoms with Crippen LogP contribution in [0.15, 0.2) is 18.2 Å². The number of thiazole rings is 1. The minimum atomic E-state index is 0.520. The Balaban J connectivity index is 2.09. The van der Waals surface area contributed by atoms with Crippen molar-refractivity contribution in [2.75, 3.05) is 0 Å². The first-order valence-corrected chi connectivity index (χ1v) is 7.83. The molecule has 0 aliphatic heterocycles. The van der Waals surface area contributed by atoms with Crippen LogP contribution in [-0.4, -0.2) is 4.98 Å². The first-order valence-electron chi connectivity index (χ1n) is 7.02. The van der Waals surface area contributed by atoms with Crippen LogP contribution in [0.1, 0.15) is 40.1 Å². The molecule has 1 heterocycles. The lowest BCUT2D eigenvalue weighted by atomic mass is 10.1. The van der Waals surface area contributed by atoms with Crippen molar-refractivity contribution in [3.63, 3.8) is 0 Å². The first kappa shape index (κ1) is 15.0. The number of nitrogens with zero attached hydrogens (tertiary/aromatic N) is 1. The molecule has 4 heteroatoms. The van der Waals surface area contributed by atoms with E-state index in [9.17, 15) is 0 Å². The summed E-state index contributed by atoms with van der Waals surface area (Å²) in [7, 11) is 0. The minimum absolute atomic E-state index is 0.520. The monoisotopic (exact) mass is 290 g/mol. The average Bonchev–Trinajstić information content (AvgIpc) is 2.83. The second kappa shape index (κ2) is 6.86. The maximum atomic E-state index is 5.90. The van der Waals surface area contributed by atoms with Crippen molar-refractivity contribution in [1.29, 1.82) is 0 Å². The third-order valence-corrected chi connectivity index (χ3v) is 4.49. The van der Waals surface area contributed by atoms with Gasteiger partial charge in [0.2, 0.25) is 0 Å². The van der Waals surface area contributed by atoms with Crippen molar-refractivity contribution in [1.82, 2.24) is 4.98 Å². The number of ether oxygens (including phenoxy) is 1. The van der Waals surface area contributed by atoms with E-state index in [-0.39, 0.29) is 0 Å². The lowest BCUT2D eigenvalue weighted by molar-refractivity contribution is 0.303. The van der Waals surface area contributed by atoms with Gasteiger partial charge in [-0.1, -0.05) is 25.5 Å². The summed E-state index contributed by atoms with van der Waals surface area (Å²) in [6.45, 7) is 7.42. The van der Waals surface area contributed by atoms with Gasteiger partial charge in [0.25, 0.3) is 0 Å². The largest absolute Gasteiger partial charge is 0.486 e. The molecule has 1 aromatic carbocycles. The van der Waals surface area contributed by atoms with Gasteiger partial charge in [-0.05, 0) is 37.5 Å². The van der Waals surface area contributed by atoms with Gasteiger partial charge >= 0.3 is 0 Å². The highest BCUT2D eigenvalue weighted by Crippen LogP contribution is 2.24. The number of aryl methyl sites for hydroxylation is 2. The summed E-state index contributed by atoms with van der Waals surface area (Å²) < 4.78 is 5.90. The molecule has 0 fully saturated rings. The SMILES string of the molecule is CCCc1nc(COc2cccc(C)c2C)sc1CN. The van der Waals surface area contributed by atoms with Gasteiger partial charge in [0.15, 0.2) is 0 Å². The summed E-state index contributed by atoms with van der Waals surface area (Å²) >= 11 is 1.67. The second-order valence-electron chi connectivity index (χ2n) is 4.92. The lowest BCUT2D eigenvalue weighted by Gasteiger charge is -2.09. The maximum Gasteiger partial charge on any atom is 0.140 e. The average molecular weight is 290 g/mol. The van der Waals surface area contributed by atoms with Crippen molar-refractivity contribution in [3.8, 4) is 5.75 Å². The highest BCUT2D eigenvalue weighted by atomic mass is 32.1. The van der Waals surface area contributed by atoms with E-state index in [0.29, 0.717) is 13.2 Å². The number of hydrogen-bond donors (Lipinski definition) is 1. The highest BCUT2D eigenvalue weighted by molar-refractivity contribution is 7.11. The van der Waals surface area contributed by atoms with Crippen molar-refractivity contribution in [2.24, 2.45) is 5.73 Å². The number of aromatic nitrogens is 1. The molecule has 0 atom stereocenters. The quantitative estimate of drug-likeness (QED) is 0.881. The minimum Gasteiger partial charge on any atom is -0.486 e. The molecule has 2 rings (SSSR count). The van der Waals surface area contributed by atoms with Gasteiger partial charge in [-0.15, -0.1) is 11.3 Å². The number of rotatable bonds is 6. The molecule has 0 bridgehead atoms. The van der Waals surface area contributed by atoms with E-state index in [1.54, 1.807) is 11.3 Å². The van der Waals surface area contributed by atoms with Gasteiger partial charge in [-0.3, -0.25) is 0 Å². The fourth-order valence-corrected chi connectivity index (χ4v) is 3.02. The van der Waals surface area contributed by atoms with Gasteiger partial charge in [-0.25, -0.2) is 4.98 Å². The molecular weight excluding hydrogens is 268 g/mol. The van der Waals surface area contributed by atoms with Crippen LogP contribution in [0.25, 0.3) is 0 Å². The Morgan fingerprint density at radius 1 is 1.30 bits per heavy atom. The molecule has 0 spiro atoms. The lowest BCUT2D eigenvalue weighted by Crippen LogP contribution is -1.99. The molecule has 0 saturated heterocycles. The Labute approximate surface area is 124 Å². The molecular formula is C16H22N2OS. The standard InChI is InChI=1S/C16H22N2OS/c1-4-6-13-15(9-17)20-16(18-13)10-19-14-8-5-7-11(2)12(14)3/h5,7-8H,4,6,9-10,17H2,1-3H3. The molecule has 20 heavy (non-hydrogen) atoms. The van der Waals surface area contributed by atoms with E-state index < -0.39 is 0 Å². The van der Waals surface area contributed by atoms with Crippen LogP contribution < -0.4 is 10.5 Å². The van der Waals surface area contributed by atoms with E-state index in [4.69, 9.17) is 10.5 Å². The number of benzene rings is 1. The predicted octanol–water partition coefficient (Wildman–Crippen LogP) is 3.75. The topological polar surface area (TPSA) is 48.1 Å². The van der Waals surface area contributed by atoms with Crippen LogP contribution >= 0.6 is 11.3 Å². The normalized spacial score (nSPS) is 10.8. The Morgan fingerprint density at radius 2 is 2.10 bits per heavy atom. The van der Waals surface area contributed by atoms with Crippen molar-refractivity contribution < 1.29 is 4.74 Å². The molecule has 0 aliphatic rings. The van der Waals surface area contributed by atoms with Crippen molar-refractivity contribution >= 4 is 11.3 Å². The van der Waals surface area contributed by atoms with Gasteiger partial charge in [0.1, 0.15) is 17.4 Å². The molecule has 0 unspecified atom stereocenters. The number of nitrogens with two attached hydrogens (primary N) is 1. The zero-order valence-electron chi connectivity index (χ0n) is 12.4. The van der Waals surface area contributed by atoms with Crippen LogP contribution in [0.5, 0.6) is 5.75 Å². The zero-order chi connectivity index (χ0) is 14.5. The van der Waals surface area contributed by atoms with Gasteiger partial charge in [-0.2, -0.15) is 0 Å². The van der Waals surface area contributed by atoms with Gasteiger partial charge in [0.05, 0.1) is 5.69 Å². The molecule has 2 aromatic rings. The Bertz CT molecular complexity index is 578. The fraction of sp³-hybridized carbons (Fsp3) is 0.438. The van der Waals surface area contributed by atoms with Crippen LogP contribution in [0.2, 0.25) is 0 Å². The van der Waals surface area contributed by atoms with E-state index in [2.05, 4.69) is 31.8 Å². The molecule has 0 saturated carbocycles. The van der Waals surface area contributed by atoms with Crippen LogP contribution in [0.3, 0.4) is 0 Å². The highest BCUT2D eigenvalue weighted by Gasteiger charge is 2.10. The van der Waals surface area contributed by atoms with Crippen LogP contribution in [0, 0.1) is 13.8 Å². The van der Waals surface area contributed by atoms with Gasteiger partial charge < -0.3 is 10.5 Å². The zero-order valence-corrected chi connectivity index (χ0v) is 13.2. The Morgan fingerprint density at radius 3 is 2.80 bits per heavy atom. The molecule has 3 nitrogen and oxygen atoms in total. The third kappa shape index (κ3) is 3.38. The van der Waals surface area contributed by atoms with E-state index >= 15 is 0 Å². The van der Waals surface area contributed by atoms with Crippen LogP contribution in [-0.2, 0) is 19.6 Å². The third-order valence-electron chi connectivity index (χ3n) is 3.40. The number of hydrogen-bond acceptors (Lipinski definition) is 4. The molecule has 1 aromatic heterocycles. The molecule has 0 radical (unpaired) electrons. The summed E-state index contributed by atoms with van der Waals surface area (Å²) in [4.78, 5) is 5.84. The summed E-state index contributed by atoms with van der Waals surface area (Å²) in [5, 5.41) is 1.01. The van der Waals surface area contributed by atoms with Crippen LogP contribution in [0.4, 0.5) is 0 Å². The molecule has 108 valence electrons. The van der Waals surface area contributed by atoms with E-state index in [0.717, 1.165) is 29.3 Å². The Kier molecular flexibility index (Phi) is 5.15. The summed E-state index contributed by atoms with van der Waals surface area (Å²) in [5.74, 6) is 0.937. The first-order chi connectivity index (χ1) is 9.65. The summed E-state index contributed by atoms with van der Waals surface area (Å²) in [5.41, 5.74) is 9.35. The smallest absolute Gasteiger partial charge is 0.140 e. The summed E-state index contributed by atoms with van der Waals surface area (Å²) in [6, 6.07) is 6.12. The van der Waals surface area contributed by atoms with E-state index in [1.807, 2.05) is 12.1 Å². The predicted molar refractivity (Wildman–Crippen MR) is 84.2 cm³/mol. The molecule has 0 aliphatic carbocycles. The van der Waals surface area contributed by atoms with E-state index in [1.165, 1.54) is 16.0 Å². The second-order valence-corrected chi connectivity index (χ2v) is 6.09. The maximum absolute atomic E-state index is 5.90. The fourth-order valence-electron chi connectivity index (χ4n) is 2.11.